The van der Waals surface area contributed by atoms with Gasteiger partial charge in [0.1, 0.15) is 11.5 Å². The van der Waals surface area contributed by atoms with Crippen LogP contribution in [0.25, 0.3) is 0 Å². The topological polar surface area (TPSA) is 27.7 Å². The molecule has 1 heterocycles. The van der Waals surface area contributed by atoms with E-state index in [0.717, 1.165) is 25.7 Å². The summed E-state index contributed by atoms with van der Waals surface area (Å²) in [6.45, 7) is 4.65. The van der Waals surface area contributed by atoms with Crippen LogP contribution < -0.4 is 0 Å². The van der Waals surface area contributed by atoms with Crippen LogP contribution >= 0.6 is 0 Å². The number of halogens is 2. The minimum Gasteiger partial charge on any atom is -0.498 e. The molecule has 0 radical (unpaired) electrons. The lowest BCUT2D eigenvalue weighted by Gasteiger charge is -2.30. The lowest BCUT2D eigenvalue weighted by atomic mass is 9.94. The highest BCUT2D eigenvalue weighted by atomic mass is 19.2. The van der Waals surface area contributed by atoms with Crippen molar-refractivity contribution in [1.29, 1.82) is 0 Å². The van der Waals surface area contributed by atoms with Gasteiger partial charge in [-0.05, 0) is 36.8 Å². The Bertz CT molecular complexity index is 729. The Morgan fingerprint density at radius 2 is 1.82 bits per heavy atom. The van der Waals surface area contributed by atoms with Gasteiger partial charge in [0.15, 0.2) is 11.7 Å². The van der Waals surface area contributed by atoms with Crippen LogP contribution in [0, 0.1) is 5.92 Å². The molecule has 152 valence electrons. The summed E-state index contributed by atoms with van der Waals surface area (Å²) in [5.41, 5.74) is 2.48. The Labute approximate surface area is 165 Å². The van der Waals surface area contributed by atoms with Gasteiger partial charge in [0.05, 0.1) is 26.4 Å². The van der Waals surface area contributed by atoms with Gasteiger partial charge in [-0.25, -0.2) is 0 Å². The van der Waals surface area contributed by atoms with Gasteiger partial charge in [0, 0.05) is 18.8 Å². The van der Waals surface area contributed by atoms with E-state index in [9.17, 15) is 8.78 Å². The first kappa shape index (κ1) is 20.6. The van der Waals surface area contributed by atoms with E-state index in [-0.39, 0.29) is 23.5 Å². The molecule has 0 spiro atoms. The maximum atomic E-state index is 14.0. The van der Waals surface area contributed by atoms with Gasteiger partial charge < -0.3 is 14.2 Å². The summed E-state index contributed by atoms with van der Waals surface area (Å²) in [6.07, 6.45) is 6.45. The second kappa shape index (κ2) is 9.87. The fourth-order valence-electron chi connectivity index (χ4n) is 3.61. The molecule has 28 heavy (non-hydrogen) atoms. The van der Waals surface area contributed by atoms with Crippen molar-refractivity contribution in [3.8, 4) is 0 Å². The van der Waals surface area contributed by atoms with E-state index < -0.39 is 11.7 Å². The fourth-order valence-corrected chi connectivity index (χ4v) is 3.61. The molecular formula is C23H28F2O3. The third kappa shape index (κ3) is 5.02. The Hall–Kier alpha value is -2.14. The second-order valence-corrected chi connectivity index (χ2v) is 7.32. The van der Waals surface area contributed by atoms with Gasteiger partial charge in [0.25, 0.3) is 0 Å². The minimum atomic E-state index is -0.944. The third-order valence-corrected chi connectivity index (χ3v) is 5.36. The summed E-state index contributed by atoms with van der Waals surface area (Å²) in [5, 5.41) is 0. The van der Waals surface area contributed by atoms with Gasteiger partial charge in [0.2, 0.25) is 0 Å². The molecule has 0 N–H and O–H groups in total. The number of hydrogen-bond acceptors (Lipinski definition) is 3. The van der Waals surface area contributed by atoms with Crippen LogP contribution in [0.3, 0.4) is 0 Å². The van der Waals surface area contributed by atoms with Crippen molar-refractivity contribution in [2.75, 3.05) is 20.3 Å². The number of rotatable bonds is 8. The summed E-state index contributed by atoms with van der Waals surface area (Å²) in [7, 11) is 1.35. The third-order valence-electron chi connectivity index (χ3n) is 5.36. The molecule has 2 unspecified atom stereocenters. The van der Waals surface area contributed by atoms with Crippen molar-refractivity contribution in [2.24, 2.45) is 5.92 Å². The highest BCUT2D eigenvalue weighted by molar-refractivity contribution is 5.29. The number of aryl methyl sites for hydroxylation is 1. The molecule has 1 aliphatic carbocycles. The first-order valence-electron chi connectivity index (χ1n) is 9.88. The minimum absolute atomic E-state index is 0.0456. The molecule has 0 aromatic heterocycles. The molecular weight excluding hydrogens is 362 g/mol. The Morgan fingerprint density at radius 3 is 2.46 bits per heavy atom. The predicted molar refractivity (Wildman–Crippen MR) is 105 cm³/mol. The van der Waals surface area contributed by atoms with Crippen molar-refractivity contribution in [1.82, 2.24) is 0 Å². The van der Waals surface area contributed by atoms with E-state index >= 15 is 0 Å². The lowest BCUT2D eigenvalue weighted by Crippen LogP contribution is -2.24. The van der Waals surface area contributed by atoms with Crippen LogP contribution in [0.5, 0.6) is 0 Å². The van der Waals surface area contributed by atoms with Crippen LogP contribution in [0.1, 0.15) is 49.3 Å². The van der Waals surface area contributed by atoms with E-state index in [1.807, 2.05) is 6.08 Å². The number of methoxy groups -OCH3 is 1. The average molecular weight is 390 g/mol. The maximum absolute atomic E-state index is 14.0. The van der Waals surface area contributed by atoms with Crippen LogP contribution in [0.4, 0.5) is 8.78 Å². The predicted octanol–water partition coefficient (Wildman–Crippen LogP) is 6.09. The first-order chi connectivity index (χ1) is 13.6. The fraction of sp³-hybridized carbons (Fsp3) is 0.478. The van der Waals surface area contributed by atoms with Crippen molar-refractivity contribution in [2.45, 2.75) is 44.6 Å². The molecule has 1 aromatic rings. The zero-order chi connectivity index (χ0) is 19.9. The molecule has 0 amide bonds. The zero-order valence-corrected chi connectivity index (χ0v) is 16.4. The Balaban J connectivity index is 1.47. The summed E-state index contributed by atoms with van der Waals surface area (Å²) in [5.74, 6) is -1.58. The monoisotopic (exact) mass is 390 g/mol. The molecule has 0 bridgehead atoms. The van der Waals surface area contributed by atoms with Crippen LogP contribution in [-0.2, 0) is 20.6 Å². The zero-order valence-electron chi connectivity index (χ0n) is 16.4. The molecule has 5 heteroatoms. The smallest absolute Gasteiger partial charge is 0.199 e. The second-order valence-electron chi connectivity index (χ2n) is 7.32. The summed E-state index contributed by atoms with van der Waals surface area (Å²) in [4.78, 5) is 0. The Kier molecular flexibility index (Phi) is 7.26. The number of ether oxygens (including phenoxy) is 3. The maximum Gasteiger partial charge on any atom is 0.199 e. The van der Waals surface area contributed by atoms with E-state index in [0.29, 0.717) is 26.1 Å². The number of allylic oxidation sites excluding steroid dienone is 5. The van der Waals surface area contributed by atoms with Gasteiger partial charge >= 0.3 is 0 Å². The highest BCUT2D eigenvalue weighted by Crippen LogP contribution is 2.35. The lowest BCUT2D eigenvalue weighted by molar-refractivity contribution is -0.0368. The molecule has 1 fully saturated rings. The number of benzene rings is 1. The van der Waals surface area contributed by atoms with E-state index in [1.165, 1.54) is 18.2 Å². The van der Waals surface area contributed by atoms with Crippen molar-refractivity contribution < 1.29 is 23.0 Å². The van der Waals surface area contributed by atoms with Gasteiger partial charge in [-0.15, -0.1) is 6.58 Å². The quantitative estimate of drug-likeness (QED) is 0.503. The molecule has 3 nitrogen and oxygen atoms in total. The molecule has 1 aliphatic heterocycles. The summed E-state index contributed by atoms with van der Waals surface area (Å²) >= 11 is 0. The van der Waals surface area contributed by atoms with Crippen LogP contribution in [0.15, 0.2) is 60.1 Å². The standard InChI is InChI=1S/C23H28F2O3/c1-3-4-5-16-6-9-18(10-7-16)19-11-8-17(14-27-19)15-28-21-13-12-20(26-2)22(24)23(21)25/h3,6-7,9-10,17,19H,1,4-5,8,11-15H2,2H3. The number of hydrogen-bond donors (Lipinski definition) is 0. The normalized spacial score (nSPS) is 23.0. The molecule has 2 atom stereocenters. The largest absolute Gasteiger partial charge is 0.498 e. The van der Waals surface area contributed by atoms with Crippen LogP contribution in [0.2, 0.25) is 0 Å². The molecule has 3 rings (SSSR count). The molecule has 1 saturated heterocycles. The van der Waals surface area contributed by atoms with Crippen molar-refractivity contribution in [3.63, 3.8) is 0 Å². The van der Waals surface area contributed by atoms with Gasteiger partial charge in [-0.3, -0.25) is 0 Å². The van der Waals surface area contributed by atoms with Crippen molar-refractivity contribution >= 4 is 0 Å². The van der Waals surface area contributed by atoms with Crippen LogP contribution in [-0.4, -0.2) is 20.3 Å². The highest BCUT2D eigenvalue weighted by Gasteiger charge is 2.27. The van der Waals surface area contributed by atoms with Gasteiger partial charge in [-0.1, -0.05) is 30.3 Å². The molecule has 1 aromatic carbocycles. The van der Waals surface area contributed by atoms with Gasteiger partial charge in [-0.2, -0.15) is 8.78 Å². The Morgan fingerprint density at radius 1 is 1.11 bits per heavy atom. The summed E-state index contributed by atoms with van der Waals surface area (Å²) in [6, 6.07) is 8.55. The van der Waals surface area contributed by atoms with E-state index in [4.69, 9.17) is 14.2 Å². The average Bonchev–Trinajstić information content (AvgIpc) is 2.74. The first-order valence-corrected chi connectivity index (χ1v) is 9.88. The molecule has 2 aliphatic rings. The SMILES string of the molecule is C=CCCc1ccc(C2CCC(COC3=C(F)C(F)=C(OC)CC3)CO2)cc1. The van der Waals surface area contributed by atoms with Crippen molar-refractivity contribution in [3.05, 3.63) is 71.2 Å². The molecule has 0 saturated carbocycles. The summed E-state index contributed by atoms with van der Waals surface area (Å²) < 4.78 is 44.3. The van der Waals surface area contributed by atoms with E-state index in [1.54, 1.807) is 0 Å². The van der Waals surface area contributed by atoms with E-state index in [2.05, 4.69) is 30.8 Å².